The predicted molar refractivity (Wildman–Crippen MR) is 117 cm³/mol. The number of hydrogen-bond donors (Lipinski definition) is 0. The van der Waals surface area contributed by atoms with Crippen LogP contribution < -0.4 is 14.2 Å². The topological polar surface area (TPSA) is 43.3 Å². The number of rotatable bonds is 4. The lowest BCUT2D eigenvalue weighted by Crippen LogP contribution is -2.33. The molecule has 2 aliphatic rings. The normalized spacial score (nSPS) is 19.2. The van der Waals surface area contributed by atoms with E-state index in [9.17, 15) is 4.39 Å². The van der Waals surface area contributed by atoms with Gasteiger partial charge in [0.2, 0.25) is 6.23 Å². The maximum atomic E-state index is 13.5. The summed E-state index contributed by atoms with van der Waals surface area (Å²) in [6, 6.07) is 17.6. The molecule has 0 spiro atoms. The minimum Gasteiger partial charge on any atom is -0.493 e. The summed E-state index contributed by atoms with van der Waals surface area (Å²) in [5.74, 6) is 1.76. The second-order valence-corrected chi connectivity index (χ2v) is 7.86. The van der Waals surface area contributed by atoms with Gasteiger partial charge in [-0.25, -0.2) is 9.40 Å². The molecule has 0 radical (unpaired) electrons. The fourth-order valence-corrected chi connectivity index (χ4v) is 4.28. The minimum atomic E-state index is -0.475. The first kappa shape index (κ1) is 19.7. The van der Waals surface area contributed by atoms with Gasteiger partial charge in [0.25, 0.3) is 0 Å². The van der Waals surface area contributed by atoms with Gasteiger partial charge in [-0.05, 0) is 48.5 Å². The highest BCUT2D eigenvalue weighted by atomic mass is 35.5. The van der Waals surface area contributed by atoms with Gasteiger partial charge in [0, 0.05) is 28.1 Å². The lowest BCUT2D eigenvalue weighted by Gasteiger charge is -2.38. The lowest BCUT2D eigenvalue weighted by molar-refractivity contribution is -0.0190. The van der Waals surface area contributed by atoms with Gasteiger partial charge in [0.05, 0.1) is 26.0 Å². The average molecular weight is 439 g/mol. The van der Waals surface area contributed by atoms with Gasteiger partial charge in [-0.3, -0.25) is 0 Å². The van der Waals surface area contributed by atoms with Gasteiger partial charge in [-0.1, -0.05) is 23.7 Å². The highest BCUT2D eigenvalue weighted by Gasteiger charge is 2.41. The Labute approximate surface area is 184 Å². The van der Waals surface area contributed by atoms with Gasteiger partial charge in [0.1, 0.15) is 11.6 Å². The summed E-state index contributed by atoms with van der Waals surface area (Å²) in [7, 11) is 3.22. The zero-order chi connectivity index (χ0) is 21.5. The third-order valence-electron chi connectivity index (χ3n) is 5.62. The molecule has 0 aromatic heterocycles. The number of nitrogens with zero attached hydrogens (tertiary/aromatic N) is 2. The molecule has 0 amide bonds. The molecule has 0 aliphatic carbocycles. The van der Waals surface area contributed by atoms with Crippen LogP contribution in [0.25, 0.3) is 0 Å². The first-order valence-electron chi connectivity index (χ1n) is 9.87. The monoisotopic (exact) mass is 438 g/mol. The van der Waals surface area contributed by atoms with Crippen molar-refractivity contribution in [3.05, 3.63) is 88.2 Å². The van der Waals surface area contributed by atoms with Crippen molar-refractivity contribution in [3.63, 3.8) is 0 Å². The maximum Gasteiger partial charge on any atom is 0.213 e. The molecule has 5 rings (SSSR count). The molecule has 0 saturated heterocycles. The van der Waals surface area contributed by atoms with Crippen LogP contribution in [0.5, 0.6) is 17.2 Å². The van der Waals surface area contributed by atoms with E-state index < -0.39 is 6.23 Å². The molecular formula is C24H20ClFN2O3. The van der Waals surface area contributed by atoms with E-state index in [-0.39, 0.29) is 11.9 Å². The summed E-state index contributed by atoms with van der Waals surface area (Å²) < 4.78 is 30.6. The number of methoxy groups -OCH3 is 2. The molecule has 0 fully saturated rings. The van der Waals surface area contributed by atoms with E-state index >= 15 is 0 Å². The fraction of sp³-hybridized carbons (Fsp3) is 0.208. The SMILES string of the molecule is COc1ccc(C2=NN3[C@H](C2)c2cc(Cl)ccc2O[C@@H]3c2ccc(F)cc2)cc1OC. The third-order valence-corrected chi connectivity index (χ3v) is 5.86. The Kier molecular flexibility index (Phi) is 4.94. The second-order valence-electron chi connectivity index (χ2n) is 7.42. The number of benzene rings is 3. The molecule has 0 saturated carbocycles. The van der Waals surface area contributed by atoms with E-state index in [1.807, 2.05) is 41.4 Å². The highest BCUT2D eigenvalue weighted by Crippen LogP contribution is 2.48. The van der Waals surface area contributed by atoms with Crippen LogP contribution in [0.1, 0.15) is 35.4 Å². The Morgan fingerprint density at radius 1 is 1.00 bits per heavy atom. The molecule has 2 heterocycles. The standard InChI is InChI=1S/C24H20ClFN2O3/c1-29-22-9-5-15(11-23(22)30-2)19-13-20-18-12-16(25)6-10-21(18)31-24(28(20)27-19)14-3-7-17(26)8-4-14/h3-12,20,24H,13H2,1-2H3/t20-,24-/m1/s1. The van der Waals surface area contributed by atoms with E-state index in [1.54, 1.807) is 26.4 Å². The minimum absolute atomic E-state index is 0.0550. The summed E-state index contributed by atoms with van der Waals surface area (Å²) in [6.07, 6.45) is 0.195. The molecule has 0 unspecified atom stereocenters. The van der Waals surface area contributed by atoms with Crippen molar-refractivity contribution in [3.8, 4) is 17.2 Å². The van der Waals surface area contributed by atoms with Gasteiger partial charge in [0.15, 0.2) is 11.5 Å². The van der Waals surface area contributed by atoms with Crippen molar-refractivity contribution in [2.45, 2.75) is 18.7 Å². The summed E-state index contributed by atoms with van der Waals surface area (Å²) in [5.41, 5.74) is 3.64. The molecule has 0 bridgehead atoms. The Hall–Kier alpha value is -3.25. The molecule has 3 aromatic rings. The zero-order valence-corrected chi connectivity index (χ0v) is 17.8. The molecular weight excluding hydrogens is 419 g/mol. The Bertz CT molecular complexity index is 1170. The summed E-state index contributed by atoms with van der Waals surface area (Å²) in [4.78, 5) is 0. The summed E-state index contributed by atoms with van der Waals surface area (Å²) >= 11 is 6.28. The summed E-state index contributed by atoms with van der Waals surface area (Å²) in [5, 5.41) is 7.48. The first-order valence-corrected chi connectivity index (χ1v) is 10.2. The average Bonchev–Trinajstić information content (AvgIpc) is 3.24. The van der Waals surface area contributed by atoms with Crippen LogP contribution in [-0.2, 0) is 0 Å². The van der Waals surface area contributed by atoms with Crippen molar-refractivity contribution >= 4 is 17.3 Å². The number of ether oxygens (including phenoxy) is 3. The molecule has 5 nitrogen and oxygen atoms in total. The molecule has 3 aromatic carbocycles. The smallest absolute Gasteiger partial charge is 0.213 e. The van der Waals surface area contributed by atoms with Crippen LogP contribution in [0, 0.1) is 5.82 Å². The van der Waals surface area contributed by atoms with Crippen molar-refractivity contribution < 1.29 is 18.6 Å². The molecule has 0 N–H and O–H groups in total. The van der Waals surface area contributed by atoms with E-state index in [0.29, 0.717) is 22.9 Å². The quantitative estimate of drug-likeness (QED) is 0.521. The Morgan fingerprint density at radius 2 is 1.77 bits per heavy atom. The number of halogens is 2. The molecule has 2 atom stereocenters. The van der Waals surface area contributed by atoms with Crippen LogP contribution >= 0.6 is 11.6 Å². The lowest BCUT2D eigenvalue weighted by atomic mass is 9.95. The molecule has 158 valence electrons. The molecule has 7 heteroatoms. The third kappa shape index (κ3) is 3.47. The molecule has 2 aliphatic heterocycles. The predicted octanol–water partition coefficient (Wildman–Crippen LogP) is 5.74. The number of hydrogen-bond acceptors (Lipinski definition) is 5. The number of fused-ring (bicyclic) bond motifs is 3. The Morgan fingerprint density at radius 3 is 2.52 bits per heavy atom. The van der Waals surface area contributed by atoms with E-state index in [4.69, 9.17) is 30.9 Å². The van der Waals surface area contributed by atoms with Gasteiger partial charge in [-0.15, -0.1) is 0 Å². The van der Waals surface area contributed by atoms with Crippen molar-refractivity contribution in [1.82, 2.24) is 5.01 Å². The van der Waals surface area contributed by atoms with Crippen molar-refractivity contribution in [2.75, 3.05) is 14.2 Å². The van der Waals surface area contributed by atoms with Crippen LogP contribution in [-0.4, -0.2) is 24.9 Å². The van der Waals surface area contributed by atoms with Crippen molar-refractivity contribution in [2.24, 2.45) is 5.10 Å². The van der Waals surface area contributed by atoms with Crippen LogP contribution in [0.15, 0.2) is 65.8 Å². The van der Waals surface area contributed by atoms with E-state index in [2.05, 4.69) is 0 Å². The maximum absolute atomic E-state index is 13.5. The van der Waals surface area contributed by atoms with Crippen LogP contribution in [0.3, 0.4) is 0 Å². The van der Waals surface area contributed by atoms with E-state index in [0.717, 1.165) is 28.2 Å². The van der Waals surface area contributed by atoms with Gasteiger partial charge >= 0.3 is 0 Å². The fourth-order valence-electron chi connectivity index (χ4n) is 4.10. The van der Waals surface area contributed by atoms with Gasteiger partial charge < -0.3 is 14.2 Å². The van der Waals surface area contributed by atoms with Crippen molar-refractivity contribution in [1.29, 1.82) is 0 Å². The Balaban J connectivity index is 1.58. The van der Waals surface area contributed by atoms with Gasteiger partial charge in [-0.2, -0.15) is 5.10 Å². The second kappa shape index (κ2) is 7.78. The van der Waals surface area contributed by atoms with Crippen LogP contribution in [0.2, 0.25) is 5.02 Å². The van der Waals surface area contributed by atoms with E-state index in [1.165, 1.54) is 12.1 Å². The van der Waals surface area contributed by atoms with Crippen LogP contribution in [0.4, 0.5) is 4.39 Å². The number of hydrazone groups is 1. The summed E-state index contributed by atoms with van der Waals surface area (Å²) in [6.45, 7) is 0. The first-order chi connectivity index (χ1) is 15.1. The molecule has 31 heavy (non-hydrogen) atoms. The largest absolute Gasteiger partial charge is 0.493 e. The highest BCUT2D eigenvalue weighted by molar-refractivity contribution is 6.30. The zero-order valence-electron chi connectivity index (χ0n) is 17.0.